The molecule has 2 heterocycles. The van der Waals surface area contributed by atoms with Crippen molar-refractivity contribution in [2.24, 2.45) is 0 Å². The van der Waals surface area contributed by atoms with Crippen LogP contribution in [0.3, 0.4) is 0 Å². The van der Waals surface area contributed by atoms with Crippen LogP contribution in [0.1, 0.15) is 18.4 Å². The van der Waals surface area contributed by atoms with Gasteiger partial charge >= 0.3 is 0 Å². The largest absolute Gasteiger partial charge is 0.496 e. The first-order valence-electron chi connectivity index (χ1n) is 13.5. The highest BCUT2D eigenvalue weighted by atomic mass is 16.5. The Balaban J connectivity index is 1.40. The Morgan fingerprint density at radius 2 is 1.45 bits per heavy atom. The van der Waals surface area contributed by atoms with Gasteiger partial charge in [-0.2, -0.15) is 0 Å². The van der Waals surface area contributed by atoms with E-state index in [2.05, 4.69) is 29.2 Å². The fourth-order valence-electron chi connectivity index (χ4n) is 5.29. The Morgan fingerprint density at radius 3 is 2.12 bits per heavy atom. The van der Waals surface area contributed by atoms with E-state index in [1.807, 2.05) is 54.6 Å². The quantitative estimate of drug-likeness (QED) is 0.208. The number of hydrogen-bond acceptors (Lipinski definition) is 6. The van der Waals surface area contributed by atoms with E-state index >= 15 is 0 Å². The van der Waals surface area contributed by atoms with Crippen LogP contribution >= 0.6 is 0 Å². The molecule has 202 valence electrons. The van der Waals surface area contributed by atoms with Crippen LogP contribution < -0.4 is 24.5 Å². The van der Waals surface area contributed by atoms with Gasteiger partial charge in [0.05, 0.1) is 19.8 Å². The maximum absolute atomic E-state index is 13.5. The summed E-state index contributed by atoms with van der Waals surface area (Å²) in [6.07, 6.45) is 2.43. The summed E-state index contributed by atoms with van der Waals surface area (Å²) >= 11 is 0. The summed E-state index contributed by atoms with van der Waals surface area (Å²) in [5, 5.41) is 0.383. The Bertz CT molecular complexity index is 1670. The molecule has 0 bridgehead atoms. The van der Waals surface area contributed by atoms with E-state index in [0.29, 0.717) is 40.4 Å². The zero-order valence-electron chi connectivity index (χ0n) is 22.7. The molecule has 0 radical (unpaired) electrons. The van der Waals surface area contributed by atoms with Gasteiger partial charge in [0.25, 0.3) is 0 Å². The van der Waals surface area contributed by atoms with Crippen LogP contribution in [0.5, 0.6) is 17.2 Å². The second-order valence-electron chi connectivity index (χ2n) is 9.87. The van der Waals surface area contributed by atoms with E-state index in [1.165, 1.54) is 24.6 Å². The van der Waals surface area contributed by atoms with Crippen molar-refractivity contribution in [2.75, 3.05) is 32.2 Å². The number of rotatable bonds is 8. The molecule has 6 heteroatoms. The molecule has 4 aromatic carbocycles. The maximum Gasteiger partial charge on any atom is 0.197 e. The van der Waals surface area contributed by atoms with Crippen molar-refractivity contribution in [3.8, 4) is 39.7 Å². The molecule has 0 atom stereocenters. The molecule has 1 aliphatic rings. The van der Waals surface area contributed by atoms with Crippen LogP contribution in [-0.4, -0.2) is 27.3 Å². The summed E-state index contributed by atoms with van der Waals surface area (Å²) < 4.78 is 23.8. The minimum atomic E-state index is -0.185. The summed E-state index contributed by atoms with van der Waals surface area (Å²) in [5.74, 6) is 2.17. The molecule has 0 amide bonds. The third-order valence-corrected chi connectivity index (χ3v) is 7.38. The van der Waals surface area contributed by atoms with E-state index in [1.54, 1.807) is 20.3 Å². The minimum Gasteiger partial charge on any atom is -0.496 e. The van der Waals surface area contributed by atoms with Crippen LogP contribution in [0.4, 0.5) is 5.69 Å². The van der Waals surface area contributed by atoms with Gasteiger partial charge in [-0.25, -0.2) is 0 Å². The molecule has 1 aliphatic heterocycles. The first kappa shape index (κ1) is 25.6. The summed E-state index contributed by atoms with van der Waals surface area (Å²) in [6, 6.07) is 29.2. The van der Waals surface area contributed by atoms with Gasteiger partial charge in [0.1, 0.15) is 35.0 Å². The van der Waals surface area contributed by atoms with Gasteiger partial charge in [0, 0.05) is 36.5 Å². The summed E-state index contributed by atoms with van der Waals surface area (Å²) in [6.45, 7) is 2.62. The molecule has 1 aromatic heterocycles. The lowest BCUT2D eigenvalue weighted by molar-refractivity contribution is 0.306. The van der Waals surface area contributed by atoms with Gasteiger partial charge in [-0.05, 0) is 60.4 Å². The SMILES string of the molecule is COc1cc(OC)c2c(=O)cc(-c3ccc(OCc4ccccc4)cc3)oc2c1-c1ccc(N2CCCC2)cc1. The van der Waals surface area contributed by atoms with E-state index in [0.717, 1.165) is 35.5 Å². The average molecular weight is 534 g/mol. The Kier molecular flexibility index (Phi) is 7.15. The number of methoxy groups -OCH3 is 2. The van der Waals surface area contributed by atoms with Gasteiger partial charge < -0.3 is 23.5 Å². The maximum atomic E-state index is 13.5. The smallest absolute Gasteiger partial charge is 0.197 e. The van der Waals surface area contributed by atoms with Crippen LogP contribution in [0.2, 0.25) is 0 Å². The second-order valence-corrected chi connectivity index (χ2v) is 9.87. The molecule has 0 spiro atoms. The lowest BCUT2D eigenvalue weighted by Gasteiger charge is -2.19. The van der Waals surface area contributed by atoms with Crippen molar-refractivity contribution in [3.63, 3.8) is 0 Å². The van der Waals surface area contributed by atoms with E-state index in [-0.39, 0.29) is 5.43 Å². The monoisotopic (exact) mass is 533 g/mol. The average Bonchev–Trinajstić information content (AvgIpc) is 3.55. The van der Waals surface area contributed by atoms with E-state index in [4.69, 9.17) is 18.6 Å². The van der Waals surface area contributed by atoms with Crippen LogP contribution in [0, 0.1) is 0 Å². The molecule has 1 saturated heterocycles. The van der Waals surface area contributed by atoms with E-state index < -0.39 is 0 Å². The number of nitrogens with zero attached hydrogens (tertiary/aromatic N) is 1. The van der Waals surface area contributed by atoms with Gasteiger partial charge in [-0.1, -0.05) is 42.5 Å². The molecule has 6 rings (SSSR count). The third kappa shape index (κ3) is 5.00. The molecular formula is C34H31NO5. The van der Waals surface area contributed by atoms with Crippen molar-refractivity contribution in [3.05, 3.63) is 107 Å². The molecular weight excluding hydrogens is 502 g/mol. The fourth-order valence-corrected chi connectivity index (χ4v) is 5.29. The number of anilines is 1. The summed E-state index contributed by atoms with van der Waals surface area (Å²) in [4.78, 5) is 15.9. The molecule has 0 aliphatic carbocycles. The zero-order chi connectivity index (χ0) is 27.5. The van der Waals surface area contributed by atoms with Crippen molar-refractivity contribution < 1.29 is 18.6 Å². The van der Waals surface area contributed by atoms with Crippen molar-refractivity contribution in [2.45, 2.75) is 19.4 Å². The fraction of sp³-hybridized carbons (Fsp3) is 0.206. The number of hydrogen-bond donors (Lipinski definition) is 0. The number of fused-ring (bicyclic) bond motifs is 1. The molecule has 1 fully saturated rings. The highest BCUT2D eigenvalue weighted by molar-refractivity contribution is 6.00. The van der Waals surface area contributed by atoms with Crippen molar-refractivity contribution >= 4 is 16.7 Å². The third-order valence-electron chi connectivity index (χ3n) is 7.38. The molecule has 0 saturated carbocycles. The van der Waals surface area contributed by atoms with Crippen LogP contribution in [-0.2, 0) is 6.61 Å². The zero-order valence-corrected chi connectivity index (χ0v) is 22.7. The Labute approximate surface area is 233 Å². The topological polar surface area (TPSA) is 61.1 Å². The molecule has 40 heavy (non-hydrogen) atoms. The molecule has 0 N–H and O–H groups in total. The standard InChI is InChI=1S/C34H31NO5/c1-37-30-21-31(38-2)33-28(36)20-29(24-12-16-27(17-13-24)39-22-23-8-4-3-5-9-23)40-34(33)32(30)25-10-14-26(15-11-25)35-18-6-7-19-35/h3-5,8-17,20-21H,6-7,18-19,22H2,1-2H3. The predicted molar refractivity (Wildman–Crippen MR) is 159 cm³/mol. The number of ether oxygens (including phenoxy) is 3. The summed E-state index contributed by atoms with van der Waals surface area (Å²) in [5.41, 5.74) is 4.91. The first-order valence-corrected chi connectivity index (χ1v) is 13.5. The van der Waals surface area contributed by atoms with Crippen LogP contribution in [0.15, 0.2) is 100 Å². The van der Waals surface area contributed by atoms with E-state index in [9.17, 15) is 4.79 Å². The van der Waals surface area contributed by atoms with Crippen LogP contribution in [0.25, 0.3) is 33.4 Å². The Morgan fingerprint density at radius 1 is 0.775 bits per heavy atom. The molecule has 5 aromatic rings. The summed E-state index contributed by atoms with van der Waals surface area (Å²) in [7, 11) is 3.15. The van der Waals surface area contributed by atoms with Gasteiger partial charge in [0.15, 0.2) is 11.0 Å². The van der Waals surface area contributed by atoms with Crippen molar-refractivity contribution in [1.29, 1.82) is 0 Å². The number of benzene rings is 4. The van der Waals surface area contributed by atoms with Gasteiger partial charge in [-0.15, -0.1) is 0 Å². The molecule has 6 nitrogen and oxygen atoms in total. The lowest BCUT2D eigenvalue weighted by Crippen LogP contribution is -2.17. The second kappa shape index (κ2) is 11.2. The normalized spacial score (nSPS) is 13.0. The molecule has 0 unspecified atom stereocenters. The van der Waals surface area contributed by atoms with Gasteiger partial charge in [-0.3, -0.25) is 4.79 Å². The minimum absolute atomic E-state index is 0.185. The Hall–Kier alpha value is -4.71. The highest BCUT2D eigenvalue weighted by Crippen LogP contribution is 2.42. The lowest BCUT2D eigenvalue weighted by atomic mass is 9.99. The first-order chi connectivity index (χ1) is 19.6. The predicted octanol–water partition coefficient (Wildman–Crippen LogP) is 7.32. The van der Waals surface area contributed by atoms with Crippen molar-refractivity contribution in [1.82, 2.24) is 0 Å². The van der Waals surface area contributed by atoms with Gasteiger partial charge in [0.2, 0.25) is 0 Å². The highest BCUT2D eigenvalue weighted by Gasteiger charge is 2.22.